The van der Waals surface area contributed by atoms with Crippen LogP contribution in [0.2, 0.25) is 0 Å². The van der Waals surface area contributed by atoms with E-state index in [0.29, 0.717) is 29.9 Å². The van der Waals surface area contributed by atoms with Crippen LogP contribution in [-0.4, -0.2) is 56.2 Å². The van der Waals surface area contributed by atoms with Crippen molar-refractivity contribution in [2.24, 2.45) is 5.41 Å². The summed E-state index contributed by atoms with van der Waals surface area (Å²) in [7, 11) is -2.27. The molecule has 1 aliphatic heterocycles. The molecular formula is C22H33FN2O5S2. The van der Waals surface area contributed by atoms with Crippen LogP contribution in [0.15, 0.2) is 34.0 Å². The van der Waals surface area contributed by atoms with Crippen molar-refractivity contribution in [1.29, 1.82) is 0 Å². The molecule has 0 saturated carbocycles. The molecule has 1 N–H and O–H groups in total. The molecule has 0 saturated heterocycles. The lowest BCUT2D eigenvalue weighted by Gasteiger charge is -2.34. The largest absolute Gasteiger partial charge is 0.476 e. The summed E-state index contributed by atoms with van der Waals surface area (Å²) in [5, 5.41) is 8.74. The number of ether oxygens (including phenoxy) is 1. The van der Waals surface area contributed by atoms with Gasteiger partial charge in [-0.25, -0.2) is 13.2 Å². The maximum atomic E-state index is 13.6. The molecule has 0 unspecified atom stereocenters. The van der Waals surface area contributed by atoms with Crippen LogP contribution in [0.25, 0.3) is 0 Å². The first-order chi connectivity index (χ1) is 14.8. The minimum Gasteiger partial charge on any atom is -0.476 e. The Morgan fingerprint density at radius 1 is 1.38 bits per heavy atom. The zero-order valence-electron chi connectivity index (χ0n) is 19.5. The highest BCUT2D eigenvalue weighted by atomic mass is 32.2. The molecule has 1 heterocycles. The Bertz CT molecular complexity index is 973. The Hall–Kier alpha value is -1.78. The zero-order valence-corrected chi connectivity index (χ0v) is 21.1. The summed E-state index contributed by atoms with van der Waals surface area (Å²) in [5.41, 5.74) is 0.492. The van der Waals surface area contributed by atoms with E-state index in [0.717, 1.165) is 19.3 Å². The quantitative estimate of drug-likeness (QED) is 0.322. The fourth-order valence-corrected chi connectivity index (χ4v) is 5.78. The average molecular weight is 489 g/mol. The Morgan fingerprint density at radius 2 is 2.03 bits per heavy atom. The zero-order chi connectivity index (χ0) is 24.3. The lowest BCUT2D eigenvalue weighted by molar-refractivity contribution is -0.134. The van der Waals surface area contributed by atoms with Gasteiger partial charge in [-0.3, -0.25) is 0 Å². The second-order valence-corrected chi connectivity index (χ2v) is 11.9. The molecule has 1 aromatic rings. The van der Waals surface area contributed by atoms with Gasteiger partial charge in [0.15, 0.2) is 0 Å². The highest BCUT2D eigenvalue weighted by molar-refractivity contribution is 7.98. The van der Waals surface area contributed by atoms with E-state index >= 15 is 0 Å². The number of unbranched alkanes of at least 4 members (excludes halogenated alkanes) is 1. The number of halogens is 1. The summed E-state index contributed by atoms with van der Waals surface area (Å²) in [6.07, 6.45) is 4.89. The number of hydrogen-bond acceptors (Lipinski definition) is 6. The van der Waals surface area contributed by atoms with Gasteiger partial charge in [0.1, 0.15) is 16.9 Å². The standard InChI is InChI=1S/C22H33FN2O5S2/c1-7-8-9-15-12-25(14-22(2,3)4)17-10-19(31-6)18(30-13-16(23)21(26)27)11-20(17)32(28,29)24(15)5/h10-11,13,15H,7-9,12,14H2,1-6H3,(H,26,27)/b16-13-/t15-/m1/s1. The summed E-state index contributed by atoms with van der Waals surface area (Å²) in [5.74, 6) is -3.14. The highest BCUT2D eigenvalue weighted by Gasteiger charge is 2.38. The van der Waals surface area contributed by atoms with Crippen LogP contribution < -0.4 is 9.64 Å². The van der Waals surface area contributed by atoms with Gasteiger partial charge in [0, 0.05) is 32.2 Å². The second kappa shape index (κ2) is 10.4. The van der Waals surface area contributed by atoms with E-state index in [9.17, 15) is 17.6 Å². The Balaban J connectivity index is 2.68. The van der Waals surface area contributed by atoms with Gasteiger partial charge < -0.3 is 14.7 Å². The Labute approximate surface area is 194 Å². The predicted molar refractivity (Wildman–Crippen MR) is 126 cm³/mol. The number of carboxylic acids is 1. The van der Waals surface area contributed by atoms with Crippen molar-refractivity contribution in [3.05, 3.63) is 24.2 Å². The molecule has 0 fully saturated rings. The van der Waals surface area contributed by atoms with Crippen molar-refractivity contribution in [1.82, 2.24) is 4.31 Å². The van der Waals surface area contributed by atoms with Gasteiger partial charge in [-0.2, -0.15) is 8.70 Å². The number of likely N-dealkylation sites (N-methyl/N-ethyl adjacent to an activating group) is 1. The number of fused-ring (bicyclic) bond motifs is 1. The number of sulfonamides is 1. The SMILES string of the molecule is CCCC[C@@H]1CN(CC(C)(C)C)c2cc(SC)c(O/C=C(\F)C(=O)O)cc2S(=O)(=O)N1C. The number of rotatable bonds is 8. The molecule has 7 nitrogen and oxygen atoms in total. The summed E-state index contributed by atoms with van der Waals surface area (Å²) >= 11 is 1.31. The lowest BCUT2D eigenvalue weighted by Crippen LogP contribution is -2.43. The number of thioether (sulfide) groups is 1. The van der Waals surface area contributed by atoms with E-state index in [1.165, 1.54) is 22.1 Å². The highest BCUT2D eigenvalue weighted by Crippen LogP contribution is 2.42. The first kappa shape index (κ1) is 26.5. The molecule has 1 atom stereocenters. The van der Waals surface area contributed by atoms with Gasteiger partial charge in [-0.05, 0) is 24.2 Å². The molecular weight excluding hydrogens is 455 g/mol. The number of hydrogen-bond donors (Lipinski definition) is 1. The van der Waals surface area contributed by atoms with Crippen molar-refractivity contribution < 1.29 is 27.4 Å². The molecule has 0 spiro atoms. The number of benzene rings is 1. The minimum absolute atomic E-state index is 0.0696. The van der Waals surface area contributed by atoms with E-state index in [1.54, 1.807) is 19.4 Å². The lowest BCUT2D eigenvalue weighted by atomic mass is 9.95. The van der Waals surface area contributed by atoms with Gasteiger partial charge >= 0.3 is 5.97 Å². The molecule has 10 heteroatoms. The number of nitrogens with zero attached hydrogens (tertiary/aromatic N) is 2. The molecule has 180 valence electrons. The number of carbonyl (C=O) groups is 1. The van der Waals surface area contributed by atoms with E-state index in [-0.39, 0.29) is 22.1 Å². The van der Waals surface area contributed by atoms with Crippen LogP contribution in [0, 0.1) is 5.41 Å². The molecule has 0 aromatic heterocycles. The van der Waals surface area contributed by atoms with Crippen LogP contribution >= 0.6 is 11.8 Å². The molecule has 0 bridgehead atoms. The molecule has 0 aliphatic carbocycles. The third kappa shape index (κ3) is 6.17. The monoisotopic (exact) mass is 488 g/mol. The van der Waals surface area contributed by atoms with Gasteiger partial charge in [0.2, 0.25) is 15.9 Å². The summed E-state index contributed by atoms with van der Waals surface area (Å²) in [4.78, 5) is 13.5. The fourth-order valence-electron chi connectivity index (χ4n) is 3.66. The molecule has 0 radical (unpaired) electrons. The normalized spacial score (nSPS) is 19.4. The summed E-state index contributed by atoms with van der Waals surface area (Å²) in [6, 6.07) is 2.92. The number of anilines is 1. The molecule has 1 aromatic carbocycles. The first-order valence-corrected chi connectivity index (χ1v) is 13.2. The summed E-state index contributed by atoms with van der Waals surface area (Å²) in [6.45, 7) is 9.58. The Kier molecular flexibility index (Phi) is 8.63. The van der Waals surface area contributed by atoms with Gasteiger partial charge in [0.25, 0.3) is 0 Å². The number of aliphatic carboxylic acids is 1. The first-order valence-electron chi connectivity index (χ1n) is 10.5. The molecule has 2 rings (SSSR count). The van der Waals surface area contributed by atoms with Crippen LogP contribution in [0.4, 0.5) is 10.1 Å². The molecule has 32 heavy (non-hydrogen) atoms. The summed E-state index contributed by atoms with van der Waals surface area (Å²) < 4.78 is 47.3. The van der Waals surface area contributed by atoms with Crippen LogP contribution in [-0.2, 0) is 14.8 Å². The van der Waals surface area contributed by atoms with Crippen molar-refractivity contribution in [2.75, 3.05) is 31.3 Å². The topological polar surface area (TPSA) is 87.1 Å². The third-order valence-corrected chi connectivity index (χ3v) is 7.94. The third-order valence-electron chi connectivity index (χ3n) is 5.24. The van der Waals surface area contributed by atoms with E-state index in [4.69, 9.17) is 9.84 Å². The number of carboxylic acid groups (broad SMARTS) is 1. The van der Waals surface area contributed by atoms with Crippen molar-refractivity contribution in [2.45, 2.75) is 62.8 Å². The predicted octanol–water partition coefficient (Wildman–Crippen LogP) is 4.73. The van der Waals surface area contributed by atoms with Gasteiger partial charge in [-0.15, -0.1) is 11.8 Å². The minimum atomic E-state index is -3.86. The van der Waals surface area contributed by atoms with Crippen LogP contribution in [0.3, 0.4) is 0 Å². The maximum absolute atomic E-state index is 13.6. The van der Waals surface area contributed by atoms with Crippen molar-refractivity contribution >= 4 is 33.4 Å². The Morgan fingerprint density at radius 3 is 2.56 bits per heavy atom. The smallest absolute Gasteiger partial charge is 0.368 e. The van der Waals surface area contributed by atoms with Gasteiger partial charge in [-0.1, -0.05) is 40.5 Å². The molecule has 0 amide bonds. The molecule has 1 aliphatic rings. The second-order valence-electron chi connectivity index (χ2n) is 9.12. The fraction of sp³-hybridized carbons (Fsp3) is 0.591. The van der Waals surface area contributed by atoms with Crippen LogP contribution in [0.1, 0.15) is 47.0 Å². The van der Waals surface area contributed by atoms with E-state index < -0.39 is 21.8 Å². The van der Waals surface area contributed by atoms with Crippen LogP contribution in [0.5, 0.6) is 5.75 Å². The van der Waals surface area contributed by atoms with Gasteiger partial charge in [0.05, 0.1) is 10.6 Å². The van der Waals surface area contributed by atoms with E-state index in [2.05, 4.69) is 32.6 Å². The average Bonchev–Trinajstić information content (AvgIpc) is 2.77. The van der Waals surface area contributed by atoms with Crippen molar-refractivity contribution in [3.8, 4) is 5.75 Å². The maximum Gasteiger partial charge on any atom is 0.368 e. The van der Waals surface area contributed by atoms with E-state index in [1.807, 2.05) is 0 Å². The van der Waals surface area contributed by atoms with Crippen molar-refractivity contribution in [3.63, 3.8) is 0 Å².